The molecule has 0 aliphatic rings. The van der Waals surface area contributed by atoms with Gasteiger partial charge in [-0.1, -0.05) is 6.92 Å². The lowest BCUT2D eigenvalue weighted by Gasteiger charge is -2.05. The molecular formula is C7H15O3S. The second-order valence-corrected chi connectivity index (χ2v) is 4.97. The SMILES string of the molecule is [CH2]CC(O)CCCS(C)(=O)=O. The molecule has 0 aromatic heterocycles. The molecule has 1 unspecified atom stereocenters. The van der Waals surface area contributed by atoms with E-state index in [1.54, 1.807) is 0 Å². The average Bonchev–Trinajstić information content (AvgIpc) is 1.85. The molecule has 0 fully saturated rings. The Morgan fingerprint density at radius 3 is 2.45 bits per heavy atom. The van der Waals surface area contributed by atoms with Crippen LogP contribution in [0.2, 0.25) is 0 Å². The standard InChI is InChI=1S/C7H15O3S/c1-3-7(8)5-4-6-11(2,9)10/h7-8H,1,3-6H2,2H3. The highest BCUT2D eigenvalue weighted by molar-refractivity contribution is 7.90. The third kappa shape index (κ3) is 7.81. The summed E-state index contributed by atoms with van der Waals surface area (Å²) in [5.74, 6) is 0.157. The van der Waals surface area contributed by atoms with Gasteiger partial charge in [0.25, 0.3) is 0 Å². The molecule has 1 N–H and O–H groups in total. The number of aliphatic hydroxyl groups is 1. The smallest absolute Gasteiger partial charge is 0.147 e. The van der Waals surface area contributed by atoms with Gasteiger partial charge >= 0.3 is 0 Å². The molecule has 11 heavy (non-hydrogen) atoms. The molecule has 0 saturated heterocycles. The minimum absolute atomic E-state index is 0.157. The molecule has 3 nitrogen and oxygen atoms in total. The maximum Gasteiger partial charge on any atom is 0.147 e. The molecule has 0 heterocycles. The van der Waals surface area contributed by atoms with Gasteiger partial charge in [0.05, 0.1) is 6.10 Å². The molecule has 0 aliphatic carbocycles. The number of sulfone groups is 1. The lowest BCUT2D eigenvalue weighted by molar-refractivity contribution is 0.166. The minimum atomic E-state index is -2.86. The Bertz CT molecular complexity index is 184. The van der Waals surface area contributed by atoms with Gasteiger partial charge in [-0.25, -0.2) is 8.42 Å². The van der Waals surface area contributed by atoms with E-state index in [4.69, 9.17) is 5.11 Å². The Kier molecular flexibility index (Phi) is 4.68. The maximum atomic E-state index is 10.6. The first kappa shape index (κ1) is 10.9. The molecule has 0 aliphatic heterocycles. The molecular weight excluding hydrogens is 164 g/mol. The van der Waals surface area contributed by atoms with Crippen molar-refractivity contribution >= 4 is 9.84 Å². The molecule has 4 heteroatoms. The lowest BCUT2D eigenvalue weighted by Crippen LogP contribution is -2.09. The van der Waals surface area contributed by atoms with Gasteiger partial charge in [0, 0.05) is 12.0 Å². The number of aliphatic hydroxyl groups excluding tert-OH is 1. The zero-order valence-electron chi connectivity index (χ0n) is 6.78. The van der Waals surface area contributed by atoms with Crippen molar-refractivity contribution in [3.05, 3.63) is 6.92 Å². The fourth-order valence-electron chi connectivity index (χ4n) is 0.725. The van der Waals surface area contributed by atoms with Crippen molar-refractivity contribution in [2.24, 2.45) is 0 Å². The highest BCUT2D eigenvalue weighted by atomic mass is 32.2. The van der Waals surface area contributed by atoms with Gasteiger partial charge in [-0.2, -0.15) is 0 Å². The summed E-state index contributed by atoms with van der Waals surface area (Å²) in [5.41, 5.74) is 0. The monoisotopic (exact) mass is 179 g/mol. The molecule has 0 aromatic carbocycles. The van der Waals surface area contributed by atoms with E-state index in [2.05, 4.69) is 6.92 Å². The molecule has 0 saturated carbocycles. The highest BCUT2D eigenvalue weighted by Crippen LogP contribution is 2.01. The summed E-state index contributed by atoms with van der Waals surface area (Å²) in [7, 11) is -2.86. The van der Waals surface area contributed by atoms with Gasteiger partial charge in [-0.05, 0) is 19.3 Å². The molecule has 0 rings (SSSR count). The largest absolute Gasteiger partial charge is 0.393 e. The van der Waals surface area contributed by atoms with E-state index in [1.165, 1.54) is 6.26 Å². The van der Waals surface area contributed by atoms with E-state index in [1.807, 2.05) is 0 Å². The first-order chi connectivity index (χ1) is 4.95. The first-order valence-electron chi connectivity index (χ1n) is 3.60. The molecule has 0 aromatic rings. The van der Waals surface area contributed by atoms with Crippen LogP contribution >= 0.6 is 0 Å². The van der Waals surface area contributed by atoms with E-state index in [9.17, 15) is 8.42 Å². The molecule has 1 radical (unpaired) electrons. The van der Waals surface area contributed by atoms with E-state index < -0.39 is 15.9 Å². The summed E-state index contributed by atoms with van der Waals surface area (Å²) in [6, 6.07) is 0. The van der Waals surface area contributed by atoms with Crippen LogP contribution in [0.15, 0.2) is 0 Å². The Balaban J connectivity index is 3.43. The Morgan fingerprint density at radius 1 is 1.55 bits per heavy atom. The molecule has 0 amide bonds. The van der Waals surface area contributed by atoms with Crippen LogP contribution in [0.25, 0.3) is 0 Å². The molecule has 0 bridgehead atoms. The van der Waals surface area contributed by atoms with Crippen molar-refractivity contribution < 1.29 is 13.5 Å². The van der Waals surface area contributed by atoms with Crippen LogP contribution < -0.4 is 0 Å². The van der Waals surface area contributed by atoms with Gasteiger partial charge in [0.1, 0.15) is 9.84 Å². The predicted molar refractivity (Wildman–Crippen MR) is 44.9 cm³/mol. The predicted octanol–water partition coefficient (Wildman–Crippen LogP) is 0.396. The Morgan fingerprint density at radius 2 is 2.09 bits per heavy atom. The fourth-order valence-corrected chi connectivity index (χ4v) is 1.42. The van der Waals surface area contributed by atoms with E-state index >= 15 is 0 Å². The second kappa shape index (κ2) is 4.72. The van der Waals surface area contributed by atoms with Crippen molar-refractivity contribution in [1.29, 1.82) is 0 Å². The zero-order chi connectivity index (χ0) is 8.91. The zero-order valence-corrected chi connectivity index (χ0v) is 7.60. The third-order valence-electron chi connectivity index (χ3n) is 1.39. The quantitative estimate of drug-likeness (QED) is 0.664. The summed E-state index contributed by atoms with van der Waals surface area (Å²) in [6.07, 6.45) is 2.25. The molecule has 67 valence electrons. The van der Waals surface area contributed by atoms with Crippen molar-refractivity contribution in [2.45, 2.75) is 25.4 Å². The molecule has 0 spiro atoms. The van der Waals surface area contributed by atoms with Crippen LogP contribution in [-0.4, -0.2) is 31.6 Å². The van der Waals surface area contributed by atoms with E-state index in [0.717, 1.165) is 0 Å². The topological polar surface area (TPSA) is 54.4 Å². The number of hydrogen-bond donors (Lipinski definition) is 1. The summed E-state index contributed by atoms with van der Waals surface area (Å²) in [4.78, 5) is 0. The van der Waals surface area contributed by atoms with Crippen LogP contribution in [0.1, 0.15) is 19.3 Å². The Labute approximate surface area is 68.3 Å². The van der Waals surface area contributed by atoms with Crippen molar-refractivity contribution in [3.8, 4) is 0 Å². The Hall–Kier alpha value is -0.0900. The van der Waals surface area contributed by atoms with Crippen molar-refractivity contribution in [1.82, 2.24) is 0 Å². The van der Waals surface area contributed by atoms with Crippen LogP contribution in [0.3, 0.4) is 0 Å². The lowest BCUT2D eigenvalue weighted by atomic mass is 10.2. The van der Waals surface area contributed by atoms with Gasteiger partial charge < -0.3 is 5.11 Å². The maximum absolute atomic E-state index is 10.6. The van der Waals surface area contributed by atoms with Gasteiger partial charge in [-0.15, -0.1) is 0 Å². The van der Waals surface area contributed by atoms with Crippen molar-refractivity contribution in [3.63, 3.8) is 0 Å². The van der Waals surface area contributed by atoms with Crippen LogP contribution in [0, 0.1) is 6.92 Å². The summed E-state index contributed by atoms with van der Waals surface area (Å²) in [6.45, 7) is 3.50. The highest BCUT2D eigenvalue weighted by Gasteiger charge is 2.04. The van der Waals surface area contributed by atoms with Gasteiger partial charge in [0.2, 0.25) is 0 Å². The second-order valence-electron chi connectivity index (χ2n) is 2.71. The molecule has 1 atom stereocenters. The first-order valence-corrected chi connectivity index (χ1v) is 5.67. The van der Waals surface area contributed by atoms with Crippen LogP contribution in [0.5, 0.6) is 0 Å². The number of hydrogen-bond acceptors (Lipinski definition) is 3. The van der Waals surface area contributed by atoms with Crippen molar-refractivity contribution in [2.75, 3.05) is 12.0 Å². The average molecular weight is 179 g/mol. The van der Waals surface area contributed by atoms with E-state index in [0.29, 0.717) is 19.3 Å². The normalized spacial score (nSPS) is 14.8. The summed E-state index contributed by atoms with van der Waals surface area (Å²) < 4.78 is 21.2. The van der Waals surface area contributed by atoms with Gasteiger partial charge in [0.15, 0.2) is 0 Å². The van der Waals surface area contributed by atoms with E-state index in [-0.39, 0.29) is 5.75 Å². The van der Waals surface area contributed by atoms with Gasteiger partial charge in [-0.3, -0.25) is 0 Å². The summed E-state index contributed by atoms with van der Waals surface area (Å²) >= 11 is 0. The van der Waals surface area contributed by atoms with Crippen LogP contribution in [-0.2, 0) is 9.84 Å². The van der Waals surface area contributed by atoms with Crippen LogP contribution in [0.4, 0.5) is 0 Å². The fraction of sp³-hybridized carbons (Fsp3) is 0.857. The number of rotatable bonds is 5. The third-order valence-corrected chi connectivity index (χ3v) is 2.42. The summed E-state index contributed by atoms with van der Waals surface area (Å²) in [5, 5.41) is 9.00. The minimum Gasteiger partial charge on any atom is -0.393 e.